The first-order valence-corrected chi connectivity index (χ1v) is 8.15. The summed E-state index contributed by atoms with van der Waals surface area (Å²) in [5.74, 6) is 1.42. The van der Waals surface area contributed by atoms with E-state index in [-0.39, 0.29) is 18.2 Å². The predicted molar refractivity (Wildman–Crippen MR) is 80.3 cm³/mol. The molecule has 2 aliphatic heterocycles. The van der Waals surface area contributed by atoms with Crippen molar-refractivity contribution in [2.45, 2.75) is 71.6 Å². The van der Waals surface area contributed by atoms with Gasteiger partial charge in [0.05, 0.1) is 24.9 Å². The fourth-order valence-electron chi connectivity index (χ4n) is 3.36. The van der Waals surface area contributed by atoms with Crippen molar-refractivity contribution < 1.29 is 9.53 Å². The molecule has 20 heavy (non-hydrogen) atoms. The smallest absolute Gasteiger partial charge is 0.241 e. The highest BCUT2D eigenvalue weighted by Gasteiger charge is 2.42. The summed E-state index contributed by atoms with van der Waals surface area (Å²) < 4.78 is 5.59. The van der Waals surface area contributed by atoms with Gasteiger partial charge in [-0.1, -0.05) is 27.7 Å². The molecule has 3 atom stereocenters. The summed E-state index contributed by atoms with van der Waals surface area (Å²) in [6, 6.07) is 0.269. The molecular weight excluding hydrogens is 252 g/mol. The Kier molecular flexibility index (Phi) is 5.44. The number of nitrogens with zero attached hydrogens (tertiary/aromatic N) is 1. The maximum Gasteiger partial charge on any atom is 0.241 e. The van der Waals surface area contributed by atoms with Crippen LogP contribution in [0.25, 0.3) is 0 Å². The summed E-state index contributed by atoms with van der Waals surface area (Å²) in [6.07, 6.45) is 4.29. The second-order valence-corrected chi connectivity index (χ2v) is 7.11. The lowest BCUT2D eigenvalue weighted by molar-refractivity contribution is -0.135. The molecule has 0 saturated carbocycles. The second-order valence-electron chi connectivity index (χ2n) is 7.11. The van der Waals surface area contributed by atoms with Gasteiger partial charge in [0.15, 0.2) is 0 Å². The van der Waals surface area contributed by atoms with Crippen molar-refractivity contribution in [3.05, 3.63) is 0 Å². The molecule has 4 heteroatoms. The van der Waals surface area contributed by atoms with Crippen molar-refractivity contribution in [2.75, 3.05) is 13.2 Å². The van der Waals surface area contributed by atoms with Gasteiger partial charge in [-0.25, -0.2) is 0 Å². The van der Waals surface area contributed by atoms with Crippen LogP contribution in [0.3, 0.4) is 0 Å². The number of carbonyl (C=O) groups excluding carboxylic acids is 1. The largest absolute Gasteiger partial charge is 0.379 e. The fraction of sp³-hybridized carbons (Fsp3) is 0.938. The Balaban J connectivity index is 2.08. The van der Waals surface area contributed by atoms with Crippen molar-refractivity contribution in [2.24, 2.45) is 11.8 Å². The van der Waals surface area contributed by atoms with Gasteiger partial charge in [-0.2, -0.15) is 0 Å². The van der Waals surface area contributed by atoms with Gasteiger partial charge < -0.3 is 9.64 Å². The summed E-state index contributed by atoms with van der Waals surface area (Å²) in [5.41, 5.74) is 0. The Morgan fingerprint density at radius 3 is 2.50 bits per heavy atom. The summed E-state index contributed by atoms with van der Waals surface area (Å²) in [4.78, 5) is 14.8. The molecule has 3 unspecified atom stereocenters. The molecule has 0 radical (unpaired) electrons. The SMILES string of the molecule is CC(C)CC1NC(CC(C)C)N(C2CCCOC2)C1=O. The standard InChI is InChI=1S/C16H30N2O2/c1-11(2)8-14-16(19)18(13-6-5-7-20-10-13)15(17-14)9-12(3)4/h11-15,17H,5-10H2,1-4H3. The highest BCUT2D eigenvalue weighted by atomic mass is 16.5. The van der Waals surface area contributed by atoms with Gasteiger partial charge in [0, 0.05) is 6.61 Å². The van der Waals surface area contributed by atoms with Gasteiger partial charge in [-0.05, 0) is 37.5 Å². The van der Waals surface area contributed by atoms with Crippen LogP contribution in [0, 0.1) is 11.8 Å². The summed E-state index contributed by atoms with van der Waals surface area (Å²) in [6.45, 7) is 10.3. The van der Waals surface area contributed by atoms with Crippen LogP contribution in [0.5, 0.6) is 0 Å². The molecule has 0 aliphatic carbocycles. The zero-order valence-electron chi connectivity index (χ0n) is 13.4. The number of rotatable bonds is 5. The molecule has 0 spiro atoms. The third kappa shape index (κ3) is 3.73. The highest BCUT2D eigenvalue weighted by Crippen LogP contribution is 2.26. The number of hydrogen-bond donors (Lipinski definition) is 1. The van der Waals surface area contributed by atoms with E-state index in [1.807, 2.05) is 0 Å². The average Bonchev–Trinajstić information content (AvgIpc) is 2.65. The van der Waals surface area contributed by atoms with E-state index < -0.39 is 0 Å². The van der Waals surface area contributed by atoms with Crippen LogP contribution in [0.2, 0.25) is 0 Å². The van der Waals surface area contributed by atoms with E-state index in [4.69, 9.17) is 4.74 Å². The first kappa shape index (κ1) is 15.8. The van der Waals surface area contributed by atoms with E-state index in [2.05, 4.69) is 37.9 Å². The average molecular weight is 282 g/mol. The van der Waals surface area contributed by atoms with Crippen LogP contribution in [0.15, 0.2) is 0 Å². The van der Waals surface area contributed by atoms with E-state index in [0.29, 0.717) is 24.3 Å². The molecule has 4 nitrogen and oxygen atoms in total. The molecule has 0 aromatic carbocycles. The maximum absolute atomic E-state index is 12.7. The van der Waals surface area contributed by atoms with E-state index in [1.54, 1.807) is 0 Å². The molecule has 1 N–H and O–H groups in total. The number of nitrogens with one attached hydrogen (secondary N) is 1. The molecule has 2 heterocycles. The number of ether oxygens (including phenoxy) is 1. The first-order chi connectivity index (χ1) is 9.49. The highest BCUT2D eigenvalue weighted by molar-refractivity contribution is 5.84. The monoisotopic (exact) mass is 282 g/mol. The molecule has 2 aliphatic rings. The Hall–Kier alpha value is -0.610. The van der Waals surface area contributed by atoms with E-state index in [9.17, 15) is 4.79 Å². The zero-order chi connectivity index (χ0) is 14.7. The fourth-order valence-corrected chi connectivity index (χ4v) is 3.36. The molecule has 0 aromatic rings. The second kappa shape index (κ2) is 6.90. The molecular formula is C16H30N2O2. The number of hydrogen-bond acceptors (Lipinski definition) is 3. The van der Waals surface area contributed by atoms with Crippen LogP contribution in [-0.4, -0.2) is 42.3 Å². The summed E-state index contributed by atoms with van der Waals surface area (Å²) in [7, 11) is 0. The Labute approximate surface area is 123 Å². The Morgan fingerprint density at radius 2 is 1.95 bits per heavy atom. The van der Waals surface area contributed by atoms with Crippen molar-refractivity contribution in [3.63, 3.8) is 0 Å². The van der Waals surface area contributed by atoms with Gasteiger partial charge in [-0.3, -0.25) is 10.1 Å². The van der Waals surface area contributed by atoms with E-state index in [0.717, 1.165) is 32.3 Å². The molecule has 0 bridgehead atoms. The van der Waals surface area contributed by atoms with Crippen molar-refractivity contribution >= 4 is 5.91 Å². The number of amides is 1. The quantitative estimate of drug-likeness (QED) is 0.842. The van der Waals surface area contributed by atoms with Crippen LogP contribution in [-0.2, 0) is 9.53 Å². The zero-order valence-corrected chi connectivity index (χ0v) is 13.4. The van der Waals surface area contributed by atoms with Gasteiger partial charge in [-0.15, -0.1) is 0 Å². The predicted octanol–water partition coefficient (Wildman–Crippen LogP) is 2.38. The molecule has 1 amide bonds. The summed E-state index contributed by atoms with van der Waals surface area (Å²) in [5, 5.41) is 3.57. The lowest BCUT2D eigenvalue weighted by atomic mass is 10.0. The van der Waals surface area contributed by atoms with Crippen LogP contribution in [0.1, 0.15) is 53.4 Å². The molecule has 2 saturated heterocycles. The molecule has 2 fully saturated rings. The summed E-state index contributed by atoms with van der Waals surface area (Å²) >= 11 is 0. The Bertz CT molecular complexity index is 324. The molecule has 2 rings (SSSR count). The third-order valence-electron chi connectivity index (χ3n) is 4.21. The maximum atomic E-state index is 12.7. The van der Waals surface area contributed by atoms with Crippen molar-refractivity contribution in [1.29, 1.82) is 0 Å². The van der Waals surface area contributed by atoms with Gasteiger partial charge >= 0.3 is 0 Å². The lowest BCUT2D eigenvalue weighted by Crippen LogP contribution is -2.48. The van der Waals surface area contributed by atoms with Gasteiger partial charge in [0.25, 0.3) is 0 Å². The van der Waals surface area contributed by atoms with Crippen molar-refractivity contribution in [1.82, 2.24) is 10.2 Å². The lowest BCUT2D eigenvalue weighted by Gasteiger charge is -2.35. The van der Waals surface area contributed by atoms with Crippen LogP contribution >= 0.6 is 0 Å². The third-order valence-corrected chi connectivity index (χ3v) is 4.21. The minimum absolute atomic E-state index is 0.000626. The van der Waals surface area contributed by atoms with Crippen LogP contribution < -0.4 is 5.32 Å². The first-order valence-electron chi connectivity index (χ1n) is 8.15. The van der Waals surface area contributed by atoms with E-state index >= 15 is 0 Å². The minimum atomic E-state index is 0.000626. The molecule has 116 valence electrons. The van der Waals surface area contributed by atoms with Crippen molar-refractivity contribution in [3.8, 4) is 0 Å². The van der Waals surface area contributed by atoms with Gasteiger partial charge in [0.1, 0.15) is 0 Å². The Morgan fingerprint density at radius 1 is 1.25 bits per heavy atom. The number of carbonyl (C=O) groups is 1. The normalized spacial score (nSPS) is 31.6. The molecule has 0 aromatic heterocycles. The van der Waals surface area contributed by atoms with Crippen LogP contribution in [0.4, 0.5) is 0 Å². The minimum Gasteiger partial charge on any atom is -0.379 e. The topological polar surface area (TPSA) is 41.6 Å². The van der Waals surface area contributed by atoms with E-state index in [1.165, 1.54) is 0 Å². The van der Waals surface area contributed by atoms with Gasteiger partial charge in [0.2, 0.25) is 5.91 Å².